The molecule has 1 rings (SSSR count). The summed E-state index contributed by atoms with van der Waals surface area (Å²) in [6.07, 6.45) is 0.423. The number of nitrogens with zero attached hydrogens (tertiary/aromatic N) is 1. The van der Waals surface area contributed by atoms with Gasteiger partial charge < -0.3 is 5.32 Å². The molecule has 0 saturated carbocycles. The molecule has 0 aliphatic carbocycles. The number of hydrogen-bond donors (Lipinski definition) is 1. The Morgan fingerprint density at radius 2 is 1.85 bits per heavy atom. The van der Waals surface area contributed by atoms with Crippen molar-refractivity contribution >= 4 is 21.6 Å². The van der Waals surface area contributed by atoms with Crippen LogP contribution in [0.3, 0.4) is 0 Å². The number of anilines is 1. The first-order chi connectivity index (χ1) is 9.27. The highest BCUT2D eigenvalue weighted by molar-refractivity contribution is 7.89. The number of amides is 1. The molecule has 1 amide bonds. The van der Waals surface area contributed by atoms with Gasteiger partial charge in [-0.3, -0.25) is 9.63 Å². The molecule has 0 heterocycles. The van der Waals surface area contributed by atoms with Gasteiger partial charge in [0, 0.05) is 19.2 Å². The van der Waals surface area contributed by atoms with Gasteiger partial charge in [-0.1, -0.05) is 18.3 Å². The Bertz CT molecular complexity index is 552. The van der Waals surface area contributed by atoms with Crippen molar-refractivity contribution in [1.29, 1.82) is 0 Å². The molecule has 0 aromatic heterocycles. The van der Waals surface area contributed by atoms with E-state index in [1.54, 1.807) is 12.1 Å². The number of hydroxylamine groups is 1. The maximum Gasteiger partial charge on any atom is 0.264 e. The van der Waals surface area contributed by atoms with Crippen LogP contribution in [0.4, 0.5) is 5.69 Å². The zero-order valence-corrected chi connectivity index (χ0v) is 12.9. The second-order valence-corrected chi connectivity index (χ2v) is 6.70. The van der Waals surface area contributed by atoms with Crippen LogP contribution < -0.4 is 5.32 Å². The number of sulfonamides is 1. The fourth-order valence-corrected chi connectivity index (χ4v) is 2.51. The largest absolute Gasteiger partial charge is 0.326 e. The first-order valence-corrected chi connectivity index (χ1v) is 7.64. The Hall–Kier alpha value is -1.44. The number of rotatable bonds is 6. The predicted octanol–water partition coefficient (Wildman–Crippen LogP) is 1.85. The predicted molar refractivity (Wildman–Crippen MR) is 76.5 cm³/mol. The monoisotopic (exact) mass is 300 g/mol. The number of carbonyl (C=O) groups excluding carboxylic acids is 1. The van der Waals surface area contributed by atoms with Crippen LogP contribution in [0.5, 0.6) is 0 Å². The topological polar surface area (TPSA) is 75.7 Å². The molecule has 6 nitrogen and oxygen atoms in total. The van der Waals surface area contributed by atoms with Gasteiger partial charge in [-0.25, -0.2) is 8.42 Å². The average molecular weight is 300 g/mol. The molecule has 0 fully saturated rings. The molecule has 0 radical (unpaired) electrons. The highest BCUT2D eigenvalue weighted by atomic mass is 32.2. The minimum absolute atomic E-state index is 0.0929. The van der Waals surface area contributed by atoms with Gasteiger partial charge in [-0.05, 0) is 30.2 Å². The van der Waals surface area contributed by atoms with Gasteiger partial charge in [-0.15, -0.1) is 0 Å². The van der Waals surface area contributed by atoms with Crippen molar-refractivity contribution in [2.75, 3.05) is 19.5 Å². The van der Waals surface area contributed by atoms with E-state index < -0.39 is 10.0 Å². The number of carbonyl (C=O) groups is 1. The third kappa shape index (κ3) is 4.29. The normalized spacial score (nSPS) is 11.9. The van der Waals surface area contributed by atoms with Gasteiger partial charge in [0.2, 0.25) is 5.91 Å². The van der Waals surface area contributed by atoms with E-state index in [-0.39, 0.29) is 16.7 Å². The smallest absolute Gasteiger partial charge is 0.264 e. The summed E-state index contributed by atoms with van der Waals surface area (Å²) in [5.74, 6) is 0.176. The minimum Gasteiger partial charge on any atom is -0.326 e. The molecule has 20 heavy (non-hydrogen) atoms. The molecule has 1 aromatic carbocycles. The fraction of sp³-hybridized carbons (Fsp3) is 0.462. The Morgan fingerprint density at radius 3 is 2.30 bits per heavy atom. The maximum absolute atomic E-state index is 12.0. The zero-order chi connectivity index (χ0) is 15.3. The number of benzene rings is 1. The second-order valence-electron chi connectivity index (χ2n) is 4.77. The van der Waals surface area contributed by atoms with E-state index >= 15 is 0 Å². The zero-order valence-electron chi connectivity index (χ0n) is 12.1. The van der Waals surface area contributed by atoms with Gasteiger partial charge in [-0.2, -0.15) is 0 Å². The molecule has 112 valence electrons. The van der Waals surface area contributed by atoms with Crippen LogP contribution in [0.25, 0.3) is 0 Å². The van der Waals surface area contributed by atoms with Gasteiger partial charge in [0.1, 0.15) is 0 Å². The van der Waals surface area contributed by atoms with E-state index in [1.807, 2.05) is 13.8 Å². The van der Waals surface area contributed by atoms with Gasteiger partial charge in [0.15, 0.2) is 0 Å². The first kappa shape index (κ1) is 16.6. The Labute approximate surface area is 119 Å². The summed E-state index contributed by atoms with van der Waals surface area (Å²) in [4.78, 5) is 16.4. The lowest BCUT2D eigenvalue weighted by atomic mass is 10.1. The molecule has 0 aliphatic rings. The standard InChI is InChI=1S/C13H20N2O4S/c1-10(2)9-13(16)14-11-5-7-12(8-6-11)20(17,18)15(3)19-4/h5-8,10H,9H2,1-4H3,(H,14,16). The van der Waals surface area contributed by atoms with Gasteiger partial charge in [0.25, 0.3) is 10.0 Å². The summed E-state index contributed by atoms with van der Waals surface area (Å²) in [6, 6.07) is 5.95. The fourth-order valence-electron chi connectivity index (χ4n) is 1.54. The van der Waals surface area contributed by atoms with Crippen molar-refractivity contribution in [2.24, 2.45) is 5.92 Å². The van der Waals surface area contributed by atoms with Crippen LogP contribution in [0.1, 0.15) is 20.3 Å². The first-order valence-electron chi connectivity index (χ1n) is 6.20. The van der Waals surface area contributed by atoms with E-state index in [9.17, 15) is 13.2 Å². The van der Waals surface area contributed by atoms with Crippen LogP contribution in [0.15, 0.2) is 29.2 Å². The number of nitrogens with one attached hydrogen (secondary N) is 1. The van der Waals surface area contributed by atoms with Crippen LogP contribution in [-0.4, -0.2) is 33.0 Å². The molecule has 7 heteroatoms. The van der Waals surface area contributed by atoms with Gasteiger partial charge in [0.05, 0.1) is 12.0 Å². The third-order valence-electron chi connectivity index (χ3n) is 2.63. The SMILES string of the molecule is CON(C)S(=O)(=O)c1ccc(NC(=O)CC(C)C)cc1. The quantitative estimate of drug-likeness (QED) is 0.814. The van der Waals surface area contributed by atoms with Gasteiger partial charge >= 0.3 is 0 Å². The Morgan fingerprint density at radius 1 is 1.30 bits per heavy atom. The van der Waals surface area contributed by atoms with E-state index in [2.05, 4.69) is 10.2 Å². The molecule has 1 aromatic rings. The van der Waals surface area contributed by atoms with Crippen molar-refractivity contribution in [1.82, 2.24) is 4.47 Å². The van der Waals surface area contributed by atoms with Crippen molar-refractivity contribution in [3.05, 3.63) is 24.3 Å². The van der Waals surface area contributed by atoms with E-state index in [4.69, 9.17) is 0 Å². The van der Waals surface area contributed by atoms with Crippen molar-refractivity contribution in [3.8, 4) is 0 Å². The summed E-state index contributed by atoms with van der Waals surface area (Å²) in [5.41, 5.74) is 0.565. The molecule has 0 atom stereocenters. The lowest BCUT2D eigenvalue weighted by Gasteiger charge is -2.14. The van der Waals surface area contributed by atoms with Crippen molar-refractivity contribution in [2.45, 2.75) is 25.2 Å². The van der Waals surface area contributed by atoms with E-state index in [1.165, 1.54) is 26.3 Å². The highest BCUT2D eigenvalue weighted by Gasteiger charge is 2.20. The van der Waals surface area contributed by atoms with Crippen LogP contribution >= 0.6 is 0 Å². The summed E-state index contributed by atoms with van der Waals surface area (Å²) in [5, 5.41) is 2.72. The second kappa shape index (κ2) is 6.83. The minimum atomic E-state index is -3.65. The highest BCUT2D eigenvalue weighted by Crippen LogP contribution is 2.17. The lowest BCUT2D eigenvalue weighted by Crippen LogP contribution is -2.25. The molecule has 0 unspecified atom stereocenters. The molecule has 1 N–H and O–H groups in total. The summed E-state index contributed by atoms with van der Waals surface area (Å²) in [6.45, 7) is 3.91. The van der Waals surface area contributed by atoms with Crippen LogP contribution in [0.2, 0.25) is 0 Å². The Kier molecular flexibility index (Phi) is 5.67. The molecule has 0 aliphatic heterocycles. The third-order valence-corrected chi connectivity index (χ3v) is 4.32. The molecular formula is C13H20N2O4S. The van der Waals surface area contributed by atoms with Crippen LogP contribution in [0, 0.1) is 5.92 Å². The average Bonchev–Trinajstić information content (AvgIpc) is 2.37. The lowest BCUT2D eigenvalue weighted by molar-refractivity contribution is -0.116. The maximum atomic E-state index is 12.0. The summed E-state index contributed by atoms with van der Waals surface area (Å²) < 4.78 is 24.7. The molecule has 0 bridgehead atoms. The summed E-state index contributed by atoms with van der Waals surface area (Å²) >= 11 is 0. The molecular weight excluding hydrogens is 280 g/mol. The van der Waals surface area contributed by atoms with E-state index in [0.717, 1.165) is 4.47 Å². The molecule has 0 spiro atoms. The summed E-state index contributed by atoms with van der Waals surface area (Å²) in [7, 11) is -1.07. The van der Waals surface area contributed by atoms with E-state index in [0.29, 0.717) is 12.1 Å². The van der Waals surface area contributed by atoms with Crippen molar-refractivity contribution in [3.63, 3.8) is 0 Å². The Balaban J connectivity index is 2.82. The van der Waals surface area contributed by atoms with Crippen LogP contribution in [-0.2, 0) is 19.7 Å². The van der Waals surface area contributed by atoms with Crippen molar-refractivity contribution < 1.29 is 18.0 Å². The molecule has 0 saturated heterocycles. The number of hydrogen-bond acceptors (Lipinski definition) is 4.